The molecule has 0 heterocycles. The van der Waals surface area contributed by atoms with Gasteiger partial charge in [0.2, 0.25) is 0 Å². The van der Waals surface area contributed by atoms with Crippen molar-refractivity contribution in [3.63, 3.8) is 0 Å². The summed E-state index contributed by atoms with van der Waals surface area (Å²) in [5.74, 6) is -2.66. The fourth-order valence-electron chi connectivity index (χ4n) is 6.18. The van der Waals surface area contributed by atoms with Crippen molar-refractivity contribution in [2.24, 2.45) is 16.7 Å². The summed E-state index contributed by atoms with van der Waals surface area (Å²) >= 11 is 0. The highest BCUT2D eigenvalue weighted by Crippen LogP contribution is 2.53. The van der Waals surface area contributed by atoms with Crippen molar-refractivity contribution in [2.45, 2.75) is 98.2 Å². The van der Waals surface area contributed by atoms with Gasteiger partial charge in [0.15, 0.2) is 5.78 Å². The summed E-state index contributed by atoms with van der Waals surface area (Å²) in [6.45, 7) is 10.8. The fourth-order valence-corrected chi connectivity index (χ4v) is 6.18. The number of hydrogen-bond donors (Lipinski definition) is 2. The lowest BCUT2D eigenvalue weighted by Crippen LogP contribution is -2.56. The molecule has 0 amide bonds. The molecule has 2 N–H and O–H groups in total. The summed E-state index contributed by atoms with van der Waals surface area (Å²) in [7, 11) is 0. The summed E-state index contributed by atoms with van der Waals surface area (Å²) in [4.78, 5) is 49.7. The number of fused-ring (bicyclic) bond motifs is 4. The molecule has 7 atom stereocenters. The van der Waals surface area contributed by atoms with E-state index in [4.69, 9.17) is 14.2 Å². The van der Waals surface area contributed by atoms with E-state index in [9.17, 15) is 29.4 Å². The predicted molar refractivity (Wildman–Crippen MR) is 124 cm³/mol. The molecule has 3 rings (SSSR count). The van der Waals surface area contributed by atoms with Gasteiger partial charge in [0.05, 0.1) is 11.5 Å². The number of ether oxygens (including phenoxy) is 3. The van der Waals surface area contributed by atoms with Gasteiger partial charge in [-0.3, -0.25) is 19.2 Å². The Labute approximate surface area is 205 Å². The van der Waals surface area contributed by atoms with Gasteiger partial charge in [-0.1, -0.05) is 13.8 Å². The van der Waals surface area contributed by atoms with Crippen LogP contribution >= 0.6 is 0 Å². The zero-order valence-electron chi connectivity index (χ0n) is 21.4. The Kier molecular flexibility index (Phi) is 7.35. The second-order valence-electron chi connectivity index (χ2n) is 10.8. The molecule has 0 saturated heterocycles. The second-order valence-corrected chi connectivity index (χ2v) is 10.8. The number of rotatable bonds is 3. The van der Waals surface area contributed by atoms with Gasteiger partial charge in [-0.15, -0.1) is 0 Å². The molecule has 0 spiro atoms. The van der Waals surface area contributed by atoms with E-state index in [-0.39, 0.29) is 12.8 Å². The molecular weight excluding hydrogens is 456 g/mol. The van der Waals surface area contributed by atoms with E-state index < -0.39 is 71.0 Å². The van der Waals surface area contributed by atoms with Gasteiger partial charge in [0.1, 0.15) is 24.4 Å². The van der Waals surface area contributed by atoms with Gasteiger partial charge < -0.3 is 24.4 Å². The molecule has 9 heteroatoms. The molecule has 3 aliphatic carbocycles. The molecule has 1 fully saturated rings. The molecule has 9 nitrogen and oxygen atoms in total. The first-order valence-electron chi connectivity index (χ1n) is 11.9. The van der Waals surface area contributed by atoms with Gasteiger partial charge >= 0.3 is 17.9 Å². The third-order valence-electron chi connectivity index (χ3n) is 7.92. The highest BCUT2D eigenvalue weighted by atomic mass is 16.6. The number of Topliss-reactive ketones (excluding diaryl/α,β-unsaturated/α-hetero) is 1. The Bertz CT molecular complexity index is 991. The molecule has 0 aromatic rings. The van der Waals surface area contributed by atoms with Crippen LogP contribution in [0.2, 0.25) is 0 Å². The number of ketones is 1. The monoisotopic (exact) mass is 492 g/mol. The molecule has 0 aliphatic heterocycles. The van der Waals surface area contributed by atoms with Crippen molar-refractivity contribution in [1.29, 1.82) is 0 Å². The average molecular weight is 493 g/mol. The minimum atomic E-state index is -1.58. The van der Waals surface area contributed by atoms with Gasteiger partial charge in [0.25, 0.3) is 0 Å². The Morgan fingerprint density at radius 3 is 2.06 bits per heavy atom. The zero-order chi connectivity index (χ0) is 26.5. The van der Waals surface area contributed by atoms with E-state index in [0.29, 0.717) is 23.1 Å². The van der Waals surface area contributed by atoms with Gasteiger partial charge in [-0.25, -0.2) is 0 Å². The summed E-state index contributed by atoms with van der Waals surface area (Å²) in [6.07, 6.45) is -3.17. The SMILES string of the molecule is CC(=O)O[C@H]1C[C@H]2[C@H](OC(C)=O)/C=C3\C[C@](C)(C(=O)[C@H](O)C(=C1C)C2(C)C)[C@@H](OC(C)=O)C[C@@H]3O. The standard InChI is InChI=1S/C26H36O9/c1-12-19(33-13(2)27)9-17-20(34-14(3)28)8-16-11-26(7,21(10-18(16)30)35-15(4)29)24(32)23(31)22(12)25(17,5)6/h8,17-21,23,30-31H,9-11H2,1-7H3/b16-8+/t17-,18-,19-,20+,21-,23+,26-/m0/s1. The van der Waals surface area contributed by atoms with Crippen molar-refractivity contribution in [3.8, 4) is 0 Å². The maximum Gasteiger partial charge on any atom is 0.303 e. The first kappa shape index (κ1) is 27.1. The van der Waals surface area contributed by atoms with Crippen LogP contribution in [0.15, 0.2) is 22.8 Å². The molecule has 4 bridgehead atoms. The van der Waals surface area contributed by atoms with Crippen LogP contribution in [-0.4, -0.2) is 64.4 Å². The number of carbonyl (C=O) groups is 4. The maximum atomic E-state index is 13.9. The van der Waals surface area contributed by atoms with Gasteiger partial charge in [0, 0.05) is 33.1 Å². The molecule has 0 aromatic carbocycles. The Morgan fingerprint density at radius 2 is 1.51 bits per heavy atom. The van der Waals surface area contributed by atoms with E-state index in [1.54, 1.807) is 19.9 Å². The lowest BCUT2D eigenvalue weighted by atomic mass is 9.57. The highest BCUT2D eigenvalue weighted by Gasteiger charge is 2.56. The molecule has 3 aliphatic rings. The minimum absolute atomic E-state index is 0.0205. The minimum Gasteiger partial charge on any atom is -0.461 e. The smallest absolute Gasteiger partial charge is 0.303 e. The summed E-state index contributed by atoms with van der Waals surface area (Å²) in [5, 5.41) is 22.5. The van der Waals surface area contributed by atoms with Crippen LogP contribution in [0, 0.1) is 16.7 Å². The number of carbonyl (C=O) groups excluding carboxylic acids is 4. The first-order chi connectivity index (χ1) is 16.1. The molecule has 0 unspecified atom stereocenters. The van der Waals surface area contributed by atoms with E-state index in [2.05, 4.69) is 0 Å². The highest BCUT2D eigenvalue weighted by molar-refractivity contribution is 5.93. The Hall–Kier alpha value is -2.52. The van der Waals surface area contributed by atoms with Crippen molar-refractivity contribution >= 4 is 23.7 Å². The zero-order valence-corrected chi connectivity index (χ0v) is 21.4. The largest absolute Gasteiger partial charge is 0.461 e. The van der Waals surface area contributed by atoms with Gasteiger partial charge in [-0.05, 0) is 54.9 Å². The van der Waals surface area contributed by atoms with Crippen molar-refractivity contribution in [3.05, 3.63) is 22.8 Å². The van der Waals surface area contributed by atoms with Crippen LogP contribution < -0.4 is 0 Å². The van der Waals surface area contributed by atoms with E-state index in [1.165, 1.54) is 20.8 Å². The van der Waals surface area contributed by atoms with E-state index in [0.717, 1.165) is 0 Å². The lowest BCUT2D eigenvalue weighted by Gasteiger charge is -2.51. The van der Waals surface area contributed by atoms with Crippen LogP contribution in [0.5, 0.6) is 0 Å². The Morgan fingerprint density at radius 1 is 0.943 bits per heavy atom. The lowest BCUT2D eigenvalue weighted by molar-refractivity contribution is -0.166. The fraction of sp³-hybridized carbons (Fsp3) is 0.692. The molecule has 194 valence electrons. The third-order valence-corrected chi connectivity index (χ3v) is 7.92. The molecule has 35 heavy (non-hydrogen) atoms. The normalized spacial score (nSPS) is 38.1. The number of hydrogen-bond acceptors (Lipinski definition) is 9. The van der Waals surface area contributed by atoms with Crippen molar-refractivity contribution < 1.29 is 43.6 Å². The topological polar surface area (TPSA) is 136 Å². The quantitative estimate of drug-likeness (QED) is 0.345. The van der Waals surface area contributed by atoms with Crippen LogP contribution in [-0.2, 0) is 33.4 Å². The third kappa shape index (κ3) is 4.93. The van der Waals surface area contributed by atoms with Gasteiger partial charge in [-0.2, -0.15) is 0 Å². The summed E-state index contributed by atoms with van der Waals surface area (Å²) in [6, 6.07) is 0. The molecule has 0 aromatic heterocycles. The van der Waals surface area contributed by atoms with E-state index in [1.807, 2.05) is 13.8 Å². The van der Waals surface area contributed by atoms with Crippen molar-refractivity contribution in [1.82, 2.24) is 0 Å². The maximum absolute atomic E-state index is 13.9. The van der Waals surface area contributed by atoms with Crippen LogP contribution in [0.3, 0.4) is 0 Å². The van der Waals surface area contributed by atoms with E-state index >= 15 is 0 Å². The molecule has 1 saturated carbocycles. The molecule has 0 radical (unpaired) electrons. The number of aliphatic hydroxyl groups is 2. The van der Waals surface area contributed by atoms with Crippen molar-refractivity contribution in [2.75, 3.05) is 0 Å². The number of aliphatic hydroxyl groups excluding tert-OH is 2. The van der Waals surface area contributed by atoms with Crippen LogP contribution in [0.4, 0.5) is 0 Å². The molecular formula is C26H36O9. The van der Waals surface area contributed by atoms with Crippen LogP contribution in [0.1, 0.15) is 67.7 Å². The first-order valence-corrected chi connectivity index (χ1v) is 11.9. The number of esters is 3. The van der Waals surface area contributed by atoms with Crippen LogP contribution in [0.25, 0.3) is 0 Å². The summed E-state index contributed by atoms with van der Waals surface area (Å²) in [5.41, 5.74) is -0.763. The summed E-state index contributed by atoms with van der Waals surface area (Å²) < 4.78 is 16.7. The predicted octanol–water partition coefficient (Wildman–Crippen LogP) is 2.18. The average Bonchev–Trinajstić information content (AvgIpc) is 2.70. The Balaban J connectivity index is 2.29. The second kappa shape index (κ2) is 9.50.